The number of nitrogens with one attached hydrogen (secondary N) is 2. The molecule has 0 unspecified atom stereocenters. The molecule has 0 saturated carbocycles. The van der Waals surface area contributed by atoms with Crippen molar-refractivity contribution in [3.05, 3.63) is 15.1 Å². The number of fused-ring (bicyclic) bond motifs is 1. The first-order valence-electron chi connectivity index (χ1n) is 7.02. The third kappa shape index (κ3) is 2.64. The second-order valence-corrected chi connectivity index (χ2v) is 5.81. The zero-order valence-electron chi connectivity index (χ0n) is 12.1. The van der Waals surface area contributed by atoms with Crippen molar-refractivity contribution in [2.45, 2.75) is 31.5 Å². The van der Waals surface area contributed by atoms with Crippen LogP contribution in [0.15, 0.2) is 9.53 Å². The zero-order valence-corrected chi connectivity index (χ0v) is 13.7. The van der Waals surface area contributed by atoms with Gasteiger partial charge in [0.25, 0.3) is 5.56 Å². The number of hydrogen-bond donors (Lipinski definition) is 5. The van der Waals surface area contributed by atoms with Crippen molar-refractivity contribution >= 4 is 33.0 Å². The standard InChI is InChI=1S/C12H16BrN5O5/c1-2-14-12-16-8-5(9(22)17-12)15-11(13)18(8)10-7(21)6(20)4(3-19)23-10/h4,6-7,10,19-21H,2-3H2,1H3,(H2,14,16,17,22)/t4-,6-,7-,10-/m1/s1. The molecular weight excluding hydrogens is 374 g/mol. The number of anilines is 1. The van der Waals surface area contributed by atoms with Gasteiger partial charge in [0.2, 0.25) is 5.95 Å². The van der Waals surface area contributed by atoms with E-state index in [1.807, 2.05) is 6.92 Å². The summed E-state index contributed by atoms with van der Waals surface area (Å²) < 4.78 is 7.07. The van der Waals surface area contributed by atoms with Gasteiger partial charge in [0.1, 0.15) is 18.3 Å². The normalized spacial score (nSPS) is 27.7. The van der Waals surface area contributed by atoms with E-state index < -0.39 is 36.7 Å². The Hall–Kier alpha value is -1.53. The van der Waals surface area contributed by atoms with Gasteiger partial charge in [-0.2, -0.15) is 4.98 Å². The van der Waals surface area contributed by atoms with E-state index in [-0.39, 0.29) is 21.8 Å². The number of halogens is 1. The van der Waals surface area contributed by atoms with Gasteiger partial charge in [0.05, 0.1) is 6.61 Å². The number of ether oxygens (including phenoxy) is 1. The van der Waals surface area contributed by atoms with Crippen LogP contribution in [-0.2, 0) is 4.74 Å². The maximum Gasteiger partial charge on any atom is 0.280 e. The fourth-order valence-corrected chi connectivity index (χ4v) is 3.07. The summed E-state index contributed by atoms with van der Waals surface area (Å²) in [5.41, 5.74) is -0.195. The van der Waals surface area contributed by atoms with Crippen LogP contribution in [0.25, 0.3) is 11.2 Å². The highest BCUT2D eigenvalue weighted by Crippen LogP contribution is 2.33. The summed E-state index contributed by atoms with van der Waals surface area (Å²) >= 11 is 3.21. The molecule has 0 amide bonds. The highest BCUT2D eigenvalue weighted by atomic mass is 79.9. The molecule has 0 bridgehead atoms. The Balaban J connectivity index is 2.14. The molecular formula is C12H16BrN5O5. The van der Waals surface area contributed by atoms with Gasteiger partial charge in [-0.05, 0) is 22.9 Å². The predicted octanol–water partition coefficient (Wildman–Crippen LogP) is -1.07. The van der Waals surface area contributed by atoms with Crippen molar-refractivity contribution in [1.29, 1.82) is 0 Å². The van der Waals surface area contributed by atoms with Gasteiger partial charge in [-0.25, -0.2) is 4.98 Å². The van der Waals surface area contributed by atoms with E-state index in [1.54, 1.807) is 0 Å². The van der Waals surface area contributed by atoms with Crippen molar-refractivity contribution in [2.75, 3.05) is 18.5 Å². The van der Waals surface area contributed by atoms with Crippen LogP contribution in [-0.4, -0.2) is 66.3 Å². The van der Waals surface area contributed by atoms with Crippen LogP contribution in [0.2, 0.25) is 0 Å². The molecule has 3 heterocycles. The smallest absolute Gasteiger partial charge is 0.280 e. The van der Waals surface area contributed by atoms with Crippen LogP contribution < -0.4 is 10.9 Å². The fourth-order valence-electron chi connectivity index (χ4n) is 2.53. The maximum absolute atomic E-state index is 12.1. The molecule has 2 aromatic heterocycles. The lowest BCUT2D eigenvalue weighted by Crippen LogP contribution is -2.33. The van der Waals surface area contributed by atoms with Gasteiger partial charge in [-0.3, -0.25) is 14.3 Å². The topological polar surface area (TPSA) is 146 Å². The largest absolute Gasteiger partial charge is 0.394 e. The third-order valence-electron chi connectivity index (χ3n) is 3.62. The van der Waals surface area contributed by atoms with E-state index in [0.29, 0.717) is 6.54 Å². The molecule has 0 aromatic carbocycles. The highest BCUT2D eigenvalue weighted by molar-refractivity contribution is 9.10. The minimum atomic E-state index is -1.30. The third-order valence-corrected chi connectivity index (χ3v) is 4.18. The van der Waals surface area contributed by atoms with Gasteiger partial charge in [0.15, 0.2) is 22.1 Å². The molecule has 1 aliphatic heterocycles. The van der Waals surface area contributed by atoms with Gasteiger partial charge in [0, 0.05) is 6.54 Å². The summed E-state index contributed by atoms with van der Waals surface area (Å²) in [6.45, 7) is 1.96. The van der Waals surface area contributed by atoms with Crippen molar-refractivity contribution in [3.8, 4) is 0 Å². The lowest BCUT2D eigenvalue weighted by molar-refractivity contribution is -0.0521. The lowest BCUT2D eigenvalue weighted by Gasteiger charge is -2.17. The van der Waals surface area contributed by atoms with Crippen LogP contribution in [0.5, 0.6) is 0 Å². The predicted molar refractivity (Wildman–Crippen MR) is 83.0 cm³/mol. The highest BCUT2D eigenvalue weighted by Gasteiger charge is 2.44. The summed E-state index contributed by atoms with van der Waals surface area (Å²) in [7, 11) is 0. The number of rotatable bonds is 4. The van der Waals surface area contributed by atoms with Crippen LogP contribution >= 0.6 is 15.9 Å². The summed E-state index contributed by atoms with van der Waals surface area (Å²) in [5, 5.41) is 32.2. The van der Waals surface area contributed by atoms with Gasteiger partial charge >= 0.3 is 0 Å². The van der Waals surface area contributed by atoms with Gasteiger partial charge in [-0.1, -0.05) is 0 Å². The number of H-pyrrole nitrogens is 1. The molecule has 23 heavy (non-hydrogen) atoms. The Morgan fingerprint density at radius 3 is 2.74 bits per heavy atom. The summed E-state index contributed by atoms with van der Waals surface area (Å²) in [6.07, 6.45) is -4.53. The lowest BCUT2D eigenvalue weighted by atomic mass is 10.1. The van der Waals surface area contributed by atoms with E-state index in [9.17, 15) is 20.1 Å². The maximum atomic E-state index is 12.1. The van der Waals surface area contributed by atoms with E-state index in [2.05, 4.69) is 36.2 Å². The van der Waals surface area contributed by atoms with Gasteiger partial charge < -0.3 is 25.4 Å². The Morgan fingerprint density at radius 1 is 1.39 bits per heavy atom. The number of aromatic nitrogens is 4. The molecule has 1 saturated heterocycles. The Kier molecular flexibility index (Phi) is 4.38. The number of imidazole rings is 1. The Morgan fingerprint density at radius 2 is 2.13 bits per heavy atom. The Bertz CT molecular complexity index is 777. The van der Waals surface area contributed by atoms with Crippen LogP contribution in [0, 0.1) is 0 Å². The first-order chi connectivity index (χ1) is 11.0. The molecule has 0 aliphatic carbocycles. The minimum Gasteiger partial charge on any atom is -0.394 e. The molecule has 1 aliphatic rings. The number of nitrogens with zero attached hydrogens (tertiary/aromatic N) is 3. The summed E-state index contributed by atoms with van der Waals surface area (Å²) in [5.74, 6) is 0.255. The minimum absolute atomic E-state index is 0.0660. The van der Waals surface area contributed by atoms with Crippen molar-refractivity contribution in [1.82, 2.24) is 19.5 Å². The molecule has 3 rings (SSSR count). The molecule has 126 valence electrons. The first-order valence-corrected chi connectivity index (χ1v) is 7.81. The summed E-state index contributed by atoms with van der Waals surface area (Å²) in [6, 6.07) is 0. The monoisotopic (exact) mass is 389 g/mol. The molecule has 11 heteroatoms. The van der Waals surface area contributed by atoms with Crippen molar-refractivity contribution in [3.63, 3.8) is 0 Å². The van der Waals surface area contributed by atoms with Crippen LogP contribution in [0.4, 0.5) is 5.95 Å². The van der Waals surface area contributed by atoms with Crippen molar-refractivity contribution in [2.24, 2.45) is 0 Å². The zero-order chi connectivity index (χ0) is 16.7. The molecule has 2 aromatic rings. The van der Waals surface area contributed by atoms with Crippen LogP contribution in [0.3, 0.4) is 0 Å². The second kappa shape index (κ2) is 6.17. The SMILES string of the molecule is CCNc1nc2c(nc(Br)n2[C@@H]2O[C@H](CO)[C@@H](O)[C@H]2O)c(=O)[nH]1. The number of aromatic amines is 1. The van der Waals surface area contributed by atoms with Crippen LogP contribution in [0.1, 0.15) is 13.2 Å². The van der Waals surface area contributed by atoms with E-state index >= 15 is 0 Å². The molecule has 0 spiro atoms. The number of hydrogen-bond acceptors (Lipinski definition) is 8. The molecule has 10 nitrogen and oxygen atoms in total. The fraction of sp³-hybridized carbons (Fsp3) is 0.583. The Labute approximate surface area is 138 Å². The second-order valence-electron chi connectivity index (χ2n) is 5.10. The number of aliphatic hydroxyl groups excluding tert-OH is 3. The average molecular weight is 390 g/mol. The van der Waals surface area contributed by atoms with E-state index in [4.69, 9.17) is 4.74 Å². The van der Waals surface area contributed by atoms with Crippen molar-refractivity contribution < 1.29 is 20.1 Å². The first kappa shape index (κ1) is 16.3. The average Bonchev–Trinajstić information content (AvgIpc) is 2.98. The van der Waals surface area contributed by atoms with Gasteiger partial charge in [-0.15, -0.1) is 0 Å². The quantitative estimate of drug-likeness (QED) is 0.415. The molecule has 0 radical (unpaired) electrons. The van der Waals surface area contributed by atoms with E-state index in [1.165, 1.54) is 4.57 Å². The molecule has 1 fully saturated rings. The molecule has 4 atom stereocenters. The van der Waals surface area contributed by atoms with E-state index in [0.717, 1.165) is 0 Å². The summed E-state index contributed by atoms with van der Waals surface area (Å²) in [4.78, 5) is 23.0. The molecule has 5 N–H and O–H groups in total. The number of aliphatic hydroxyl groups is 3.